The lowest BCUT2D eigenvalue weighted by atomic mass is 10.1. The Morgan fingerprint density at radius 2 is 2.15 bits per heavy atom. The molecule has 0 bridgehead atoms. The number of aryl methyl sites for hydroxylation is 2. The summed E-state index contributed by atoms with van der Waals surface area (Å²) in [7, 11) is 0. The van der Waals surface area contributed by atoms with Crippen LogP contribution in [0.3, 0.4) is 0 Å². The van der Waals surface area contributed by atoms with Crippen molar-refractivity contribution >= 4 is 11.6 Å². The average molecular weight is 289 g/mol. The highest BCUT2D eigenvalue weighted by Gasteiger charge is 2.18. The van der Waals surface area contributed by atoms with Gasteiger partial charge in [0.25, 0.3) is 0 Å². The second-order valence-corrected chi connectivity index (χ2v) is 5.00. The molecule has 0 saturated heterocycles. The zero-order valence-corrected chi connectivity index (χ0v) is 11.2. The molecule has 0 saturated carbocycles. The minimum absolute atomic E-state index is 0.149. The van der Waals surface area contributed by atoms with Crippen LogP contribution in [0.25, 0.3) is 0 Å². The largest absolute Gasteiger partial charge is 0.436 e. The van der Waals surface area contributed by atoms with Crippen molar-refractivity contribution in [2.45, 2.75) is 19.3 Å². The van der Waals surface area contributed by atoms with Crippen LogP contribution in [0.4, 0.5) is 4.39 Å². The van der Waals surface area contributed by atoms with Gasteiger partial charge in [0.15, 0.2) is 0 Å². The quantitative estimate of drug-likeness (QED) is 0.838. The van der Waals surface area contributed by atoms with Crippen LogP contribution in [0, 0.1) is 17.1 Å². The summed E-state index contributed by atoms with van der Waals surface area (Å²) in [5, 5.41) is 9.33. The molecule has 100 valence electrons. The minimum atomic E-state index is -0.440. The summed E-state index contributed by atoms with van der Waals surface area (Å²) in [5.41, 5.74) is 2.42. The minimum Gasteiger partial charge on any atom is -0.436 e. The van der Waals surface area contributed by atoms with Crippen LogP contribution < -0.4 is 4.74 Å². The van der Waals surface area contributed by atoms with Gasteiger partial charge in [-0.1, -0.05) is 11.6 Å². The zero-order chi connectivity index (χ0) is 14.1. The molecule has 5 heteroatoms. The van der Waals surface area contributed by atoms with Crippen molar-refractivity contribution in [2.24, 2.45) is 0 Å². The number of pyridine rings is 1. The predicted octanol–water partition coefficient (Wildman–Crippen LogP) is 4.03. The fraction of sp³-hybridized carbons (Fsp3) is 0.200. The van der Waals surface area contributed by atoms with E-state index >= 15 is 0 Å². The van der Waals surface area contributed by atoms with Crippen LogP contribution in [0.1, 0.15) is 23.2 Å². The van der Waals surface area contributed by atoms with Gasteiger partial charge in [0.05, 0.1) is 5.02 Å². The highest BCUT2D eigenvalue weighted by atomic mass is 35.5. The standard InChI is InChI=1S/C15H10ClFN2O/c16-12-7-11(17)4-5-14(12)20-15-10(8-18)6-9-2-1-3-13(9)19-15/h4-7H,1-3H2. The SMILES string of the molecule is N#Cc1cc2c(nc1Oc1ccc(F)cc1Cl)CCC2. The first-order valence-corrected chi connectivity index (χ1v) is 6.61. The highest BCUT2D eigenvalue weighted by molar-refractivity contribution is 6.32. The summed E-state index contributed by atoms with van der Waals surface area (Å²) < 4.78 is 18.6. The van der Waals surface area contributed by atoms with E-state index in [0.717, 1.165) is 36.6 Å². The molecule has 1 aromatic carbocycles. The van der Waals surface area contributed by atoms with Crippen molar-refractivity contribution in [1.82, 2.24) is 4.98 Å². The lowest BCUT2D eigenvalue weighted by Crippen LogP contribution is -1.97. The van der Waals surface area contributed by atoms with Gasteiger partial charge in [-0.05, 0) is 49.1 Å². The number of hydrogen-bond acceptors (Lipinski definition) is 3. The lowest BCUT2D eigenvalue weighted by molar-refractivity contribution is 0.458. The number of ether oxygens (including phenoxy) is 1. The smallest absolute Gasteiger partial charge is 0.237 e. The van der Waals surface area contributed by atoms with Gasteiger partial charge in [-0.15, -0.1) is 0 Å². The van der Waals surface area contributed by atoms with E-state index in [4.69, 9.17) is 16.3 Å². The molecule has 1 aromatic heterocycles. The summed E-state index contributed by atoms with van der Waals surface area (Å²) in [6, 6.07) is 7.72. The summed E-state index contributed by atoms with van der Waals surface area (Å²) in [6.07, 6.45) is 2.86. The molecule has 0 amide bonds. The first kappa shape index (κ1) is 12.9. The van der Waals surface area contributed by atoms with E-state index in [0.29, 0.717) is 5.56 Å². The number of benzene rings is 1. The Balaban J connectivity index is 2.00. The van der Waals surface area contributed by atoms with E-state index in [9.17, 15) is 9.65 Å². The van der Waals surface area contributed by atoms with Crippen LogP contribution in [-0.4, -0.2) is 4.98 Å². The molecule has 0 atom stereocenters. The number of fused-ring (bicyclic) bond motifs is 1. The number of aromatic nitrogens is 1. The van der Waals surface area contributed by atoms with Crippen molar-refractivity contribution < 1.29 is 9.13 Å². The summed E-state index contributed by atoms with van der Waals surface area (Å²) in [5.74, 6) is 0.0708. The van der Waals surface area contributed by atoms with Crippen LogP contribution in [0.15, 0.2) is 24.3 Å². The fourth-order valence-electron chi connectivity index (χ4n) is 2.27. The number of hydrogen-bond donors (Lipinski definition) is 0. The van der Waals surface area contributed by atoms with Crippen molar-refractivity contribution in [1.29, 1.82) is 5.26 Å². The predicted molar refractivity (Wildman–Crippen MR) is 72.5 cm³/mol. The maximum Gasteiger partial charge on any atom is 0.237 e. The molecule has 20 heavy (non-hydrogen) atoms. The molecule has 0 fully saturated rings. The van der Waals surface area contributed by atoms with E-state index in [2.05, 4.69) is 11.1 Å². The van der Waals surface area contributed by atoms with Crippen LogP contribution >= 0.6 is 11.6 Å². The molecule has 1 aliphatic carbocycles. The van der Waals surface area contributed by atoms with Crippen molar-refractivity contribution in [3.8, 4) is 17.7 Å². The number of nitriles is 1. The third-order valence-corrected chi connectivity index (χ3v) is 3.53. The van der Waals surface area contributed by atoms with E-state index in [1.807, 2.05) is 6.07 Å². The Kier molecular flexibility index (Phi) is 3.29. The lowest BCUT2D eigenvalue weighted by Gasteiger charge is -2.10. The molecule has 1 aliphatic rings. The average Bonchev–Trinajstić information content (AvgIpc) is 2.88. The zero-order valence-electron chi connectivity index (χ0n) is 10.5. The Morgan fingerprint density at radius 1 is 1.30 bits per heavy atom. The van der Waals surface area contributed by atoms with Crippen molar-refractivity contribution in [3.05, 3.63) is 51.9 Å². The van der Waals surface area contributed by atoms with Gasteiger partial charge >= 0.3 is 0 Å². The van der Waals surface area contributed by atoms with Gasteiger partial charge in [0.2, 0.25) is 5.88 Å². The van der Waals surface area contributed by atoms with Crippen LogP contribution in [-0.2, 0) is 12.8 Å². The molecular weight excluding hydrogens is 279 g/mol. The summed E-state index contributed by atoms with van der Waals surface area (Å²) in [6.45, 7) is 0. The second kappa shape index (κ2) is 5.10. The summed E-state index contributed by atoms with van der Waals surface area (Å²) >= 11 is 5.92. The van der Waals surface area contributed by atoms with Crippen molar-refractivity contribution in [2.75, 3.05) is 0 Å². The first-order chi connectivity index (χ1) is 9.67. The maximum absolute atomic E-state index is 13.0. The Labute approximate surface area is 120 Å². The molecule has 3 rings (SSSR count). The Morgan fingerprint density at radius 3 is 2.90 bits per heavy atom. The number of rotatable bonds is 2. The molecular formula is C15H10ClFN2O. The topological polar surface area (TPSA) is 45.9 Å². The molecule has 0 radical (unpaired) electrons. The van der Waals surface area contributed by atoms with Gasteiger partial charge in [-0.3, -0.25) is 0 Å². The molecule has 2 aromatic rings. The third kappa shape index (κ3) is 2.33. The van der Waals surface area contributed by atoms with Gasteiger partial charge < -0.3 is 4.74 Å². The van der Waals surface area contributed by atoms with E-state index in [1.54, 1.807) is 0 Å². The van der Waals surface area contributed by atoms with E-state index in [-0.39, 0.29) is 16.7 Å². The van der Waals surface area contributed by atoms with Gasteiger partial charge in [0, 0.05) is 5.69 Å². The second-order valence-electron chi connectivity index (χ2n) is 4.59. The van der Waals surface area contributed by atoms with E-state index < -0.39 is 5.82 Å². The third-order valence-electron chi connectivity index (χ3n) is 3.24. The molecule has 0 aliphatic heterocycles. The number of nitrogens with zero attached hydrogens (tertiary/aromatic N) is 2. The molecule has 3 nitrogen and oxygen atoms in total. The number of halogens is 2. The molecule has 0 unspecified atom stereocenters. The molecule has 0 N–H and O–H groups in total. The fourth-order valence-corrected chi connectivity index (χ4v) is 2.48. The van der Waals surface area contributed by atoms with Gasteiger partial charge in [0.1, 0.15) is 23.2 Å². The van der Waals surface area contributed by atoms with Crippen molar-refractivity contribution in [3.63, 3.8) is 0 Å². The van der Waals surface area contributed by atoms with Gasteiger partial charge in [-0.2, -0.15) is 5.26 Å². The van der Waals surface area contributed by atoms with Crippen LogP contribution in [0.2, 0.25) is 5.02 Å². The normalized spacial score (nSPS) is 12.8. The van der Waals surface area contributed by atoms with Gasteiger partial charge in [-0.25, -0.2) is 9.37 Å². The van der Waals surface area contributed by atoms with E-state index in [1.165, 1.54) is 12.1 Å². The highest BCUT2D eigenvalue weighted by Crippen LogP contribution is 2.32. The molecule has 0 spiro atoms. The Hall–Kier alpha value is -2.12. The molecule has 1 heterocycles. The monoisotopic (exact) mass is 288 g/mol. The van der Waals surface area contributed by atoms with Crippen LogP contribution in [0.5, 0.6) is 11.6 Å². The Bertz CT molecular complexity index is 725. The summed E-state index contributed by atoms with van der Waals surface area (Å²) in [4.78, 5) is 4.39. The maximum atomic E-state index is 13.0. The first-order valence-electron chi connectivity index (χ1n) is 6.23.